The molecule has 0 saturated heterocycles. The predicted octanol–water partition coefficient (Wildman–Crippen LogP) is 5.23. The van der Waals surface area contributed by atoms with Crippen LogP contribution >= 0.6 is 43.6 Å². The van der Waals surface area contributed by atoms with Gasteiger partial charge in [0.2, 0.25) is 0 Å². The fourth-order valence-electron chi connectivity index (χ4n) is 1.46. The smallest absolute Gasteiger partial charge is 0.127 e. The molecule has 0 amide bonds. The number of hydrogen-bond donors (Lipinski definition) is 1. The Hall–Kier alpha value is -0.520. The molecular formula is C13H10Br2FNS. The number of benzene rings is 2. The van der Waals surface area contributed by atoms with Gasteiger partial charge in [-0.05, 0) is 42.0 Å². The number of nitrogens with two attached hydrogens (primary N) is 1. The standard InChI is InChI=1S/C13H10Br2FNS/c14-9-1-3-11(16)8(5-9)7-18-13-4-2-10(15)6-12(13)17/h1-6H,7,17H2. The van der Waals surface area contributed by atoms with Crippen LogP contribution in [0.2, 0.25) is 0 Å². The predicted molar refractivity (Wildman–Crippen MR) is 82.2 cm³/mol. The number of halogens is 3. The Morgan fingerprint density at radius 3 is 2.44 bits per heavy atom. The molecule has 0 spiro atoms. The molecule has 0 atom stereocenters. The number of anilines is 1. The fraction of sp³-hybridized carbons (Fsp3) is 0.0769. The van der Waals surface area contributed by atoms with Crippen LogP contribution in [0.1, 0.15) is 5.56 Å². The van der Waals surface area contributed by atoms with E-state index in [0.717, 1.165) is 13.8 Å². The van der Waals surface area contributed by atoms with E-state index in [9.17, 15) is 4.39 Å². The molecule has 2 aromatic rings. The highest BCUT2D eigenvalue weighted by Gasteiger charge is 2.06. The van der Waals surface area contributed by atoms with E-state index in [2.05, 4.69) is 31.9 Å². The van der Waals surface area contributed by atoms with Crippen LogP contribution in [0.15, 0.2) is 50.2 Å². The zero-order chi connectivity index (χ0) is 13.1. The Morgan fingerprint density at radius 1 is 1.06 bits per heavy atom. The van der Waals surface area contributed by atoms with E-state index in [0.29, 0.717) is 17.0 Å². The number of thioether (sulfide) groups is 1. The van der Waals surface area contributed by atoms with Gasteiger partial charge in [-0.25, -0.2) is 4.39 Å². The molecule has 0 radical (unpaired) electrons. The van der Waals surface area contributed by atoms with Crippen LogP contribution in [-0.4, -0.2) is 0 Å². The molecule has 0 aliphatic carbocycles. The summed E-state index contributed by atoms with van der Waals surface area (Å²) < 4.78 is 15.4. The molecule has 0 aliphatic heterocycles. The zero-order valence-electron chi connectivity index (χ0n) is 9.29. The summed E-state index contributed by atoms with van der Waals surface area (Å²) in [5, 5.41) is 0. The lowest BCUT2D eigenvalue weighted by Gasteiger charge is -2.07. The maximum atomic E-state index is 13.6. The highest BCUT2D eigenvalue weighted by atomic mass is 79.9. The first kappa shape index (κ1) is 13.9. The summed E-state index contributed by atoms with van der Waals surface area (Å²) in [7, 11) is 0. The Morgan fingerprint density at radius 2 is 1.72 bits per heavy atom. The van der Waals surface area contributed by atoms with Crippen molar-refractivity contribution in [3.8, 4) is 0 Å². The summed E-state index contributed by atoms with van der Waals surface area (Å²) in [5.41, 5.74) is 7.26. The van der Waals surface area contributed by atoms with Crippen molar-refractivity contribution in [1.29, 1.82) is 0 Å². The van der Waals surface area contributed by atoms with Crippen molar-refractivity contribution >= 4 is 49.3 Å². The Kier molecular flexibility index (Phi) is 4.70. The third kappa shape index (κ3) is 3.49. The van der Waals surface area contributed by atoms with E-state index < -0.39 is 0 Å². The maximum Gasteiger partial charge on any atom is 0.127 e. The summed E-state index contributed by atoms with van der Waals surface area (Å²) >= 11 is 8.22. The molecule has 2 rings (SSSR count). The summed E-state index contributed by atoms with van der Waals surface area (Å²) in [6, 6.07) is 10.6. The minimum Gasteiger partial charge on any atom is -0.398 e. The van der Waals surface area contributed by atoms with Crippen LogP contribution in [0.25, 0.3) is 0 Å². The first-order chi connectivity index (χ1) is 8.56. The number of hydrogen-bond acceptors (Lipinski definition) is 2. The minimum atomic E-state index is -0.193. The average molecular weight is 391 g/mol. The van der Waals surface area contributed by atoms with Gasteiger partial charge in [0.05, 0.1) is 0 Å². The van der Waals surface area contributed by atoms with Crippen LogP contribution in [0.3, 0.4) is 0 Å². The molecule has 0 fully saturated rings. The molecule has 1 nitrogen and oxygen atoms in total. The van der Waals surface area contributed by atoms with Gasteiger partial charge in [0.15, 0.2) is 0 Å². The molecular weight excluding hydrogens is 381 g/mol. The van der Waals surface area contributed by atoms with E-state index in [1.807, 2.05) is 18.2 Å². The Labute approximate surface area is 126 Å². The third-order valence-electron chi connectivity index (χ3n) is 2.36. The van der Waals surface area contributed by atoms with Crippen molar-refractivity contribution in [3.05, 3.63) is 56.7 Å². The molecule has 0 saturated carbocycles. The molecule has 94 valence electrons. The quantitative estimate of drug-likeness (QED) is 0.573. The molecule has 0 bridgehead atoms. The molecule has 2 N–H and O–H groups in total. The van der Waals surface area contributed by atoms with Gasteiger partial charge in [-0.1, -0.05) is 31.9 Å². The van der Waals surface area contributed by atoms with E-state index >= 15 is 0 Å². The number of rotatable bonds is 3. The van der Waals surface area contributed by atoms with Crippen LogP contribution in [0.4, 0.5) is 10.1 Å². The van der Waals surface area contributed by atoms with E-state index in [1.54, 1.807) is 12.1 Å². The average Bonchev–Trinajstić information content (AvgIpc) is 2.32. The van der Waals surface area contributed by atoms with Gasteiger partial charge in [0, 0.05) is 25.3 Å². The largest absolute Gasteiger partial charge is 0.398 e. The molecule has 0 aromatic heterocycles. The van der Waals surface area contributed by atoms with Gasteiger partial charge in [-0.3, -0.25) is 0 Å². The second kappa shape index (κ2) is 6.08. The monoisotopic (exact) mass is 389 g/mol. The van der Waals surface area contributed by atoms with Gasteiger partial charge in [0.1, 0.15) is 5.82 Å². The van der Waals surface area contributed by atoms with Gasteiger partial charge in [-0.2, -0.15) is 0 Å². The second-order valence-corrected chi connectivity index (χ2v) is 6.56. The van der Waals surface area contributed by atoms with Crippen molar-refractivity contribution in [1.82, 2.24) is 0 Å². The molecule has 0 unspecified atom stereocenters. The highest BCUT2D eigenvalue weighted by Crippen LogP contribution is 2.31. The first-order valence-electron chi connectivity index (χ1n) is 5.18. The molecule has 18 heavy (non-hydrogen) atoms. The van der Waals surface area contributed by atoms with Gasteiger partial charge >= 0.3 is 0 Å². The molecule has 0 heterocycles. The van der Waals surface area contributed by atoms with Gasteiger partial charge in [-0.15, -0.1) is 11.8 Å². The van der Waals surface area contributed by atoms with Gasteiger partial charge in [0.25, 0.3) is 0 Å². The van der Waals surface area contributed by atoms with Crippen LogP contribution in [0, 0.1) is 5.82 Å². The van der Waals surface area contributed by atoms with Crippen molar-refractivity contribution in [3.63, 3.8) is 0 Å². The molecule has 2 aromatic carbocycles. The van der Waals surface area contributed by atoms with Crippen molar-refractivity contribution in [2.75, 3.05) is 5.73 Å². The van der Waals surface area contributed by atoms with E-state index in [4.69, 9.17) is 5.73 Å². The summed E-state index contributed by atoms with van der Waals surface area (Å²) in [6.07, 6.45) is 0. The summed E-state index contributed by atoms with van der Waals surface area (Å²) in [6.45, 7) is 0. The Balaban J connectivity index is 2.13. The highest BCUT2D eigenvalue weighted by molar-refractivity contribution is 9.10. The Bertz CT molecular complexity index is 575. The van der Waals surface area contributed by atoms with E-state index in [-0.39, 0.29) is 5.82 Å². The van der Waals surface area contributed by atoms with Crippen LogP contribution in [-0.2, 0) is 5.75 Å². The fourth-order valence-corrected chi connectivity index (χ4v) is 3.17. The van der Waals surface area contributed by atoms with Crippen molar-refractivity contribution in [2.24, 2.45) is 0 Å². The van der Waals surface area contributed by atoms with Crippen molar-refractivity contribution in [2.45, 2.75) is 10.6 Å². The summed E-state index contributed by atoms with van der Waals surface area (Å²) in [4.78, 5) is 0.956. The second-order valence-electron chi connectivity index (χ2n) is 3.71. The normalized spacial score (nSPS) is 10.6. The summed E-state index contributed by atoms with van der Waals surface area (Å²) in [5.74, 6) is 0.360. The maximum absolute atomic E-state index is 13.6. The van der Waals surface area contributed by atoms with Crippen LogP contribution < -0.4 is 5.73 Å². The lowest BCUT2D eigenvalue weighted by Crippen LogP contribution is -1.91. The van der Waals surface area contributed by atoms with Crippen molar-refractivity contribution < 1.29 is 4.39 Å². The lowest BCUT2D eigenvalue weighted by molar-refractivity contribution is 0.617. The zero-order valence-corrected chi connectivity index (χ0v) is 13.3. The lowest BCUT2D eigenvalue weighted by atomic mass is 10.2. The van der Waals surface area contributed by atoms with E-state index in [1.165, 1.54) is 17.8 Å². The topological polar surface area (TPSA) is 26.0 Å². The molecule has 0 aliphatic rings. The van der Waals surface area contributed by atoms with Crippen LogP contribution in [0.5, 0.6) is 0 Å². The molecule has 5 heteroatoms. The SMILES string of the molecule is Nc1cc(Br)ccc1SCc1cc(Br)ccc1F. The first-order valence-corrected chi connectivity index (χ1v) is 7.75. The van der Waals surface area contributed by atoms with Gasteiger partial charge < -0.3 is 5.73 Å². The minimum absolute atomic E-state index is 0.193. The number of nitrogen functional groups attached to an aromatic ring is 1. The third-order valence-corrected chi connectivity index (χ3v) is 4.49.